The number of hydrogen-bond donors (Lipinski definition) is 2. The molecule has 0 aromatic rings. The van der Waals surface area contributed by atoms with Gasteiger partial charge in [0.25, 0.3) is 0 Å². The van der Waals surface area contributed by atoms with Crippen LogP contribution in [-0.2, 0) is 4.79 Å². The van der Waals surface area contributed by atoms with Gasteiger partial charge in [-0.25, -0.2) is 0 Å². The largest absolute Gasteiger partial charge is 0.351 e. The summed E-state index contributed by atoms with van der Waals surface area (Å²) in [5, 5.41) is 6.51. The molecule has 0 spiro atoms. The molecule has 3 heteroatoms. The van der Waals surface area contributed by atoms with E-state index in [4.69, 9.17) is 0 Å². The van der Waals surface area contributed by atoms with Crippen molar-refractivity contribution in [2.75, 3.05) is 13.1 Å². The zero-order valence-corrected chi connectivity index (χ0v) is 9.64. The van der Waals surface area contributed by atoms with Gasteiger partial charge in [-0.05, 0) is 58.0 Å². The van der Waals surface area contributed by atoms with E-state index in [1.165, 1.54) is 6.42 Å². The lowest BCUT2D eigenvalue weighted by atomic mass is 9.78. The SMILES string of the molecule is CC1(NC(=O)CC2CCNCC2)CCC1. The van der Waals surface area contributed by atoms with Gasteiger partial charge in [0.05, 0.1) is 0 Å². The molecular weight excluding hydrogens is 188 g/mol. The lowest BCUT2D eigenvalue weighted by Gasteiger charge is -2.39. The highest BCUT2D eigenvalue weighted by atomic mass is 16.1. The third-order valence-corrected chi connectivity index (χ3v) is 3.83. The van der Waals surface area contributed by atoms with Crippen LogP contribution >= 0.6 is 0 Å². The fraction of sp³-hybridized carbons (Fsp3) is 0.917. The molecule has 2 aliphatic rings. The van der Waals surface area contributed by atoms with Crippen LogP contribution in [0.3, 0.4) is 0 Å². The predicted octanol–water partition coefficient (Wildman–Crippen LogP) is 1.43. The summed E-state index contributed by atoms with van der Waals surface area (Å²) in [6.45, 7) is 4.32. The Labute approximate surface area is 92.0 Å². The topological polar surface area (TPSA) is 41.1 Å². The normalized spacial score (nSPS) is 25.7. The summed E-state index contributed by atoms with van der Waals surface area (Å²) in [5.41, 5.74) is 0.129. The van der Waals surface area contributed by atoms with Crippen LogP contribution in [0.15, 0.2) is 0 Å². The fourth-order valence-electron chi connectivity index (χ4n) is 2.57. The Morgan fingerprint density at radius 3 is 2.60 bits per heavy atom. The van der Waals surface area contributed by atoms with E-state index in [-0.39, 0.29) is 11.4 Å². The zero-order chi connectivity index (χ0) is 10.7. The smallest absolute Gasteiger partial charge is 0.220 e. The van der Waals surface area contributed by atoms with E-state index in [1.807, 2.05) is 0 Å². The summed E-state index contributed by atoms with van der Waals surface area (Å²) in [5.74, 6) is 0.874. The van der Waals surface area contributed by atoms with Crippen LogP contribution in [0.25, 0.3) is 0 Å². The average molecular weight is 210 g/mol. The van der Waals surface area contributed by atoms with Crippen molar-refractivity contribution in [1.82, 2.24) is 10.6 Å². The Balaban J connectivity index is 1.71. The van der Waals surface area contributed by atoms with Crippen LogP contribution in [-0.4, -0.2) is 24.5 Å². The Bertz CT molecular complexity index is 230. The summed E-state index contributed by atoms with van der Waals surface area (Å²) >= 11 is 0. The van der Waals surface area contributed by atoms with Gasteiger partial charge in [-0.15, -0.1) is 0 Å². The van der Waals surface area contributed by atoms with E-state index in [9.17, 15) is 4.79 Å². The molecule has 3 nitrogen and oxygen atoms in total. The molecule has 1 heterocycles. The summed E-state index contributed by atoms with van der Waals surface area (Å²) in [4.78, 5) is 11.8. The Morgan fingerprint density at radius 2 is 2.07 bits per heavy atom. The Morgan fingerprint density at radius 1 is 1.40 bits per heavy atom. The van der Waals surface area contributed by atoms with Gasteiger partial charge in [0.1, 0.15) is 0 Å². The Hall–Kier alpha value is -0.570. The number of nitrogens with one attached hydrogen (secondary N) is 2. The molecule has 1 saturated carbocycles. The van der Waals surface area contributed by atoms with Gasteiger partial charge in [-0.2, -0.15) is 0 Å². The van der Waals surface area contributed by atoms with E-state index in [1.54, 1.807) is 0 Å². The molecule has 1 saturated heterocycles. The second-order valence-corrected chi connectivity index (χ2v) is 5.36. The van der Waals surface area contributed by atoms with Crippen molar-refractivity contribution in [1.29, 1.82) is 0 Å². The van der Waals surface area contributed by atoms with E-state index >= 15 is 0 Å². The minimum absolute atomic E-state index is 0.129. The van der Waals surface area contributed by atoms with Crippen molar-refractivity contribution in [2.24, 2.45) is 5.92 Å². The number of rotatable bonds is 3. The van der Waals surface area contributed by atoms with Crippen molar-refractivity contribution in [3.05, 3.63) is 0 Å². The van der Waals surface area contributed by atoms with Gasteiger partial charge in [0.15, 0.2) is 0 Å². The molecule has 86 valence electrons. The first kappa shape index (κ1) is 10.9. The molecule has 0 radical (unpaired) electrons. The monoisotopic (exact) mass is 210 g/mol. The minimum atomic E-state index is 0.129. The van der Waals surface area contributed by atoms with Gasteiger partial charge in [-0.1, -0.05) is 0 Å². The molecule has 15 heavy (non-hydrogen) atoms. The maximum Gasteiger partial charge on any atom is 0.220 e. The molecule has 0 unspecified atom stereocenters. The maximum atomic E-state index is 11.8. The summed E-state index contributed by atoms with van der Waals surface area (Å²) < 4.78 is 0. The molecule has 0 aromatic carbocycles. The first-order chi connectivity index (χ1) is 7.18. The summed E-state index contributed by atoms with van der Waals surface area (Å²) in [6, 6.07) is 0. The molecular formula is C12H22N2O. The van der Waals surface area contributed by atoms with Crippen LogP contribution in [0.2, 0.25) is 0 Å². The van der Waals surface area contributed by atoms with E-state index in [0.29, 0.717) is 5.92 Å². The molecule has 0 aromatic heterocycles. The lowest BCUT2D eigenvalue weighted by Crippen LogP contribution is -2.51. The first-order valence-corrected chi connectivity index (χ1v) is 6.20. The van der Waals surface area contributed by atoms with E-state index in [2.05, 4.69) is 17.6 Å². The number of carbonyl (C=O) groups is 1. The molecule has 0 atom stereocenters. The highest BCUT2D eigenvalue weighted by Crippen LogP contribution is 2.31. The van der Waals surface area contributed by atoms with Crippen LogP contribution < -0.4 is 10.6 Å². The number of carbonyl (C=O) groups excluding carboxylic acids is 1. The third-order valence-electron chi connectivity index (χ3n) is 3.83. The number of amides is 1. The van der Waals surface area contributed by atoms with Gasteiger partial charge in [-0.3, -0.25) is 4.79 Å². The molecule has 2 rings (SSSR count). The fourth-order valence-corrected chi connectivity index (χ4v) is 2.57. The van der Waals surface area contributed by atoms with Crippen LogP contribution in [0, 0.1) is 5.92 Å². The van der Waals surface area contributed by atoms with E-state index in [0.717, 1.165) is 45.2 Å². The maximum absolute atomic E-state index is 11.8. The number of piperidine rings is 1. The van der Waals surface area contributed by atoms with Gasteiger partial charge in [0.2, 0.25) is 5.91 Å². The van der Waals surface area contributed by atoms with Crippen LogP contribution in [0.5, 0.6) is 0 Å². The third kappa shape index (κ3) is 2.94. The highest BCUT2D eigenvalue weighted by Gasteiger charge is 2.33. The van der Waals surface area contributed by atoms with Crippen molar-refractivity contribution in [3.63, 3.8) is 0 Å². The second-order valence-electron chi connectivity index (χ2n) is 5.36. The first-order valence-electron chi connectivity index (χ1n) is 6.20. The Kier molecular flexibility index (Phi) is 3.29. The second kappa shape index (κ2) is 4.52. The van der Waals surface area contributed by atoms with Gasteiger partial charge < -0.3 is 10.6 Å². The zero-order valence-electron chi connectivity index (χ0n) is 9.64. The molecule has 0 bridgehead atoms. The van der Waals surface area contributed by atoms with Gasteiger partial charge in [0, 0.05) is 12.0 Å². The van der Waals surface area contributed by atoms with Crippen molar-refractivity contribution in [2.45, 2.75) is 51.0 Å². The van der Waals surface area contributed by atoms with Crippen molar-refractivity contribution < 1.29 is 4.79 Å². The van der Waals surface area contributed by atoms with E-state index < -0.39 is 0 Å². The number of hydrogen-bond acceptors (Lipinski definition) is 2. The summed E-state index contributed by atoms with van der Waals surface area (Å²) in [7, 11) is 0. The minimum Gasteiger partial charge on any atom is -0.351 e. The van der Waals surface area contributed by atoms with Crippen LogP contribution in [0.4, 0.5) is 0 Å². The molecule has 1 aliphatic heterocycles. The van der Waals surface area contributed by atoms with Gasteiger partial charge >= 0.3 is 0 Å². The lowest BCUT2D eigenvalue weighted by molar-refractivity contribution is -0.124. The highest BCUT2D eigenvalue weighted by molar-refractivity contribution is 5.77. The average Bonchev–Trinajstić information content (AvgIpc) is 2.16. The van der Waals surface area contributed by atoms with Crippen molar-refractivity contribution >= 4 is 5.91 Å². The van der Waals surface area contributed by atoms with Crippen LogP contribution in [0.1, 0.15) is 45.4 Å². The quantitative estimate of drug-likeness (QED) is 0.740. The predicted molar refractivity (Wildman–Crippen MR) is 60.6 cm³/mol. The summed E-state index contributed by atoms with van der Waals surface area (Å²) in [6.07, 6.45) is 6.63. The standard InChI is InChI=1S/C12H22N2O/c1-12(5-2-6-12)14-11(15)9-10-3-7-13-8-4-10/h10,13H,2-9H2,1H3,(H,14,15). The molecule has 2 fully saturated rings. The molecule has 1 amide bonds. The molecule has 1 aliphatic carbocycles. The van der Waals surface area contributed by atoms with Crippen molar-refractivity contribution in [3.8, 4) is 0 Å². The molecule has 2 N–H and O–H groups in total.